The van der Waals surface area contributed by atoms with Crippen LogP contribution in [0.15, 0.2) is 29.2 Å². The number of amides is 1. The first kappa shape index (κ1) is 20.7. The van der Waals surface area contributed by atoms with Gasteiger partial charge in [-0.05, 0) is 51.0 Å². The first-order chi connectivity index (χ1) is 12.3. The summed E-state index contributed by atoms with van der Waals surface area (Å²) in [7, 11) is -1.97. The van der Waals surface area contributed by atoms with Gasteiger partial charge in [-0.15, -0.1) is 0 Å². The zero-order valence-electron chi connectivity index (χ0n) is 15.6. The summed E-state index contributed by atoms with van der Waals surface area (Å²) in [5, 5.41) is 2.81. The molecule has 2 rings (SSSR count). The Bertz CT molecular complexity index is 680. The van der Waals surface area contributed by atoms with Crippen molar-refractivity contribution in [1.29, 1.82) is 0 Å². The molecule has 0 atom stereocenters. The lowest BCUT2D eigenvalue weighted by atomic mass is 9.97. The minimum Gasteiger partial charge on any atom is -0.491 e. The van der Waals surface area contributed by atoms with E-state index in [1.54, 1.807) is 31.4 Å². The van der Waals surface area contributed by atoms with Crippen LogP contribution in [0.5, 0.6) is 5.75 Å². The molecule has 1 amide bonds. The SMILES string of the molecule is COCCNC(=O)C1CCN(S(=O)(=O)c2ccc(OC(C)C)cc2)CC1. The molecule has 0 unspecified atom stereocenters. The van der Waals surface area contributed by atoms with Crippen LogP contribution in [0.25, 0.3) is 0 Å². The molecule has 1 aromatic rings. The zero-order chi connectivity index (χ0) is 19.2. The van der Waals surface area contributed by atoms with Gasteiger partial charge < -0.3 is 14.8 Å². The molecule has 146 valence electrons. The monoisotopic (exact) mass is 384 g/mol. The van der Waals surface area contributed by atoms with Gasteiger partial charge in [-0.25, -0.2) is 8.42 Å². The van der Waals surface area contributed by atoms with Crippen molar-refractivity contribution in [2.24, 2.45) is 5.92 Å². The number of nitrogens with one attached hydrogen (secondary N) is 1. The Kier molecular flexibility index (Phi) is 7.43. The van der Waals surface area contributed by atoms with E-state index >= 15 is 0 Å². The summed E-state index contributed by atoms with van der Waals surface area (Å²) >= 11 is 0. The third-order valence-corrected chi connectivity index (χ3v) is 6.18. The highest BCUT2D eigenvalue weighted by molar-refractivity contribution is 7.89. The second-order valence-electron chi connectivity index (χ2n) is 6.60. The topological polar surface area (TPSA) is 84.9 Å². The summed E-state index contributed by atoms with van der Waals surface area (Å²) in [5.41, 5.74) is 0. The fourth-order valence-corrected chi connectivity index (χ4v) is 4.36. The third kappa shape index (κ3) is 5.43. The van der Waals surface area contributed by atoms with E-state index in [1.165, 1.54) is 4.31 Å². The summed E-state index contributed by atoms with van der Waals surface area (Å²) in [4.78, 5) is 12.3. The number of rotatable bonds is 8. The fraction of sp³-hybridized carbons (Fsp3) is 0.611. The summed E-state index contributed by atoms with van der Waals surface area (Å²) in [6.07, 6.45) is 1.07. The van der Waals surface area contributed by atoms with Gasteiger partial charge in [-0.3, -0.25) is 4.79 Å². The summed E-state index contributed by atoms with van der Waals surface area (Å²) in [6, 6.07) is 6.47. The van der Waals surface area contributed by atoms with E-state index in [1.807, 2.05) is 13.8 Å². The predicted octanol–water partition coefficient (Wildman–Crippen LogP) is 1.64. The standard InChI is InChI=1S/C18H28N2O5S/c1-14(2)25-16-4-6-17(7-5-16)26(22,23)20-11-8-15(9-12-20)18(21)19-10-13-24-3/h4-7,14-15H,8-13H2,1-3H3,(H,19,21). The molecule has 0 radical (unpaired) electrons. The van der Waals surface area contributed by atoms with Crippen LogP contribution in [0.2, 0.25) is 0 Å². The van der Waals surface area contributed by atoms with Crippen LogP contribution >= 0.6 is 0 Å². The maximum Gasteiger partial charge on any atom is 0.243 e. The zero-order valence-corrected chi connectivity index (χ0v) is 16.4. The number of carbonyl (C=O) groups excluding carboxylic acids is 1. The number of carbonyl (C=O) groups is 1. The molecule has 1 saturated heterocycles. The van der Waals surface area contributed by atoms with Crippen LogP contribution in [0.3, 0.4) is 0 Å². The Morgan fingerprint density at radius 3 is 2.38 bits per heavy atom. The van der Waals surface area contributed by atoms with Gasteiger partial charge in [0.2, 0.25) is 15.9 Å². The number of piperidine rings is 1. The Balaban J connectivity index is 1.94. The highest BCUT2D eigenvalue weighted by Gasteiger charge is 2.31. The maximum absolute atomic E-state index is 12.8. The Hall–Kier alpha value is -1.64. The Morgan fingerprint density at radius 2 is 1.85 bits per heavy atom. The summed E-state index contributed by atoms with van der Waals surface area (Å²) < 4.78 is 37.5. The molecule has 26 heavy (non-hydrogen) atoms. The molecular formula is C18H28N2O5S. The molecule has 1 fully saturated rings. The second-order valence-corrected chi connectivity index (χ2v) is 8.54. The lowest BCUT2D eigenvalue weighted by Gasteiger charge is -2.30. The van der Waals surface area contributed by atoms with Crippen LogP contribution < -0.4 is 10.1 Å². The number of benzene rings is 1. The Morgan fingerprint density at radius 1 is 1.23 bits per heavy atom. The predicted molar refractivity (Wildman–Crippen MR) is 98.6 cm³/mol. The van der Waals surface area contributed by atoms with Gasteiger partial charge in [-0.2, -0.15) is 4.31 Å². The lowest BCUT2D eigenvalue weighted by molar-refractivity contribution is -0.126. The molecule has 0 saturated carbocycles. The average Bonchev–Trinajstić information content (AvgIpc) is 2.62. The van der Waals surface area contributed by atoms with Gasteiger partial charge in [0, 0.05) is 32.7 Å². The maximum atomic E-state index is 12.8. The van der Waals surface area contributed by atoms with Crippen LogP contribution in [0, 0.1) is 5.92 Å². The quantitative estimate of drug-likeness (QED) is 0.689. The van der Waals surface area contributed by atoms with Crippen molar-refractivity contribution in [2.45, 2.75) is 37.7 Å². The largest absolute Gasteiger partial charge is 0.491 e. The lowest BCUT2D eigenvalue weighted by Crippen LogP contribution is -2.43. The van der Waals surface area contributed by atoms with Crippen molar-refractivity contribution in [1.82, 2.24) is 9.62 Å². The van der Waals surface area contributed by atoms with Crippen LogP contribution in [0.1, 0.15) is 26.7 Å². The number of hydrogen-bond donors (Lipinski definition) is 1. The van der Waals surface area contributed by atoms with Gasteiger partial charge in [0.15, 0.2) is 0 Å². The molecule has 0 aromatic heterocycles. The second kappa shape index (κ2) is 9.34. The van der Waals surface area contributed by atoms with Gasteiger partial charge in [-0.1, -0.05) is 0 Å². The van der Waals surface area contributed by atoms with Gasteiger partial charge in [0.05, 0.1) is 17.6 Å². The Labute approximate surface area is 155 Å². The van der Waals surface area contributed by atoms with Crippen molar-refractivity contribution in [3.8, 4) is 5.75 Å². The van der Waals surface area contributed by atoms with Crippen LogP contribution in [-0.4, -0.2) is 58.1 Å². The molecule has 0 bridgehead atoms. The molecule has 1 aliphatic rings. The minimum absolute atomic E-state index is 0.0331. The normalized spacial score (nSPS) is 16.6. The van der Waals surface area contributed by atoms with Crippen molar-refractivity contribution in [2.75, 3.05) is 33.4 Å². The van der Waals surface area contributed by atoms with Crippen LogP contribution in [0.4, 0.5) is 0 Å². The molecule has 0 aliphatic carbocycles. The number of methoxy groups -OCH3 is 1. The third-order valence-electron chi connectivity index (χ3n) is 4.26. The average molecular weight is 384 g/mol. The first-order valence-corrected chi connectivity index (χ1v) is 10.3. The smallest absolute Gasteiger partial charge is 0.243 e. The summed E-state index contributed by atoms with van der Waals surface area (Å²) in [6.45, 7) is 5.46. The molecule has 7 nitrogen and oxygen atoms in total. The molecule has 1 N–H and O–H groups in total. The van der Waals surface area contributed by atoms with E-state index < -0.39 is 10.0 Å². The van der Waals surface area contributed by atoms with Crippen molar-refractivity contribution in [3.05, 3.63) is 24.3 Å². The molecule has 1 heterocycles. The number of nitrogens with zero attached hydrogens (tertiary/aromatic N) is 1. The molecular weight excluding hydrogens is 356 g/mol. The number of ether oxygens (including phenoxy) is 2. The first-order valence-electron chi connectivity index (χ1n) is 8.88. The summed E-state index contributed by atoms with van der Waals surface area (Å²) in [5.74, 6) is 0.458. The molecule has 1 aliphatic heterocycles. The highest BCUT2D eigenvalue weighted by Crippen LogP contribution is 2.25. The van der Waals surface area contributed by atoms with E-state index in [0.717, 1.165) is 0 Å². The number of hydrogen-bond acceptors (Lipinski definition) is 5. The van der Waals surface area contributed by atoms with Gasteiger partial charge in [0.1, 0.15) is 5.75 Å². The van der Waals surface area contributed by atoms with E-state index in [-0.39, 0.29) is 22.8 Å². The van der Waals surface area contributed by atoms with E-state index in [0.29, 0.717) is 44.8 Å². The minimum atomic E-state index is -3.55. The molecule has 0 spiro atoms. The fourth-order valence-electron chi connectivity index (χ4n) is 2.89. The van der Waals surface area contributed by atoms with Crippen molar-refractivity contribution >= 4 is 15.9 Å². The van der Waals surface area contributed by atoms with Crippen molar-refractivity contribution in [3.63, 3.8) is 0 Å². The number of sulfonamides is 1. The van der Waals surface area contributed by atoms with E-state index in [4.69, 9.17) is 9.47 Å². The van der Waals surface area contributed by atoms with E-state index in [2.05, 4.69) is 5.32 Å². The van der Waals surface area contributed by atoms with Crippen molar-refractivity contribution < 1.29 is 22.7 Å². The van der Waals surface area contributed by atoms with E-state index in [9.17, 15) is 13.2 Å². The molecule has 1 aromatic carbocycles. The highest BCUT2D eigenvalue weighted by atomic mass is 32.2. The van der Waals surface area contributed by atoms with Gasteiger partial charge >= 0.3 is 0 Å². The molecule has 8 heteroatoms. The van der Waals surface area contributed by atoms with Gasteiger partial charge in [0.25, 0.3) is 0 Å². The van der Waals surface area contributed by atoms with Crippen LogP contribution in [-0.2, 0) is 19.6 Å².